The van der Waals surface area contributed by atoms with E-state index in [1.807, 2.05) is 60.7 Å². The zero-order valence-electron chi connectivity index (χ0n) is 14.5. The number of aromatic nitrogens is 2. The third-order valence-corrected chi connectivity index (χ3v) is 4.60. The molecule has 0 radical (unpaired) electrons. The van der Waals surface area contributed by atoms with Crippen molar-refractivity contribution in [2.45, 2.75) is 5.79 Å². The van der Waals surface area contributed by atoms with Crippen LogP contribution in [-0.4, -0.2) is 15.1 Å². The Kier molecular flexibility index (Phi) is 5.14. The summed E-state index contributed by atoms with van der Waals surface area (Å²) < 4.78 is 0. The summed E-state index contributed by atoms with van der Waals surface area (Å²) in [5, 5.41) is 12.2. The number of benzene rings is 2. The Balaban J connectivity index is 1.80. The Bertz CT molecular complexity index is 1050. The largest absolute Gasteiger partial charge is 0.327 e. The minimum absolute atomic E-state index is 0.208. The van der Waals surface area contributed by atoms with E-state index in [0.717, 1.165) is 11.1 Å². The number of azo groups is 1. The topological polar surface area (TPSA) is 74.9 Å². The average molecular weight is 409 g/mol. The highest BCUT2D eigenvalue weighted by atomic mass is 35.5. The van der Waals surface area contributed by atoms with E-state index in [1.165, 1.54) is 0 Å². The van der Waals surface area contributed by atoms with Gasteiger partial charge in [0, 0.05) is 18.0 Å². The summed E-state index contributed by atoms with van der Waals surface area (Å²) in [6.45, 7) is 0. The summed E-state index contributed by atoms with van der Waals surface area (Å²) in [6.07, 6.45) is 3.17. The summed E-state index contributed by atoms with van der Waals surface area (Å²) in [5.74, 6) is -1.12. The molecule has 0 amide bonds. The fourth-order valence-electron chi connectivity index (χ4n) is 2.75. The van der Waals surface area contributed by atoms with Crippen molar-refractivity contribution in [2.75, 3.05) is 0 Å². The summed E-state index contributed by atoms with van der Waals surface area (Å²) in [6, 6.07) is 20.6. The van der Waals surface area contributed by atoms with E-state index in [9.17, 15) is 0 Å². The number of hydrogen-bond acceptors (Lipinski definition) is 6. The SMILES string of the molecule is ClC1=NC(N=Nc2ncccn2)(c2ccccc2)NC(Cl)=C1c1ccccc1. The molecule has 1 atom stereocenters. The van der Waals surface area contributed by atoms with Crippen LogP contribution in [0.3, 0.4) is 0 Å². The van der Waals surface area contributed by atoms with Gasteiger partial charge in [-0.15, -0.1) is 10.2 Å². The number of allylic oxidation sites excluding steroid dienone is 1. The molecular formula is C20H14Cl2N6. The maximum atomic E-state index is 6.60. The predicted molar refractivity (Wildman–Crippen MR) is 110 cm³/mol. The minimum atomic E-state index is -1.33. The Morgan fingerprint density at radius 1 is 0.821 bits per heavy atom. The molecule has 1 aromatic heterocycles. The van der Waals surface area contributed by atoms with E-state index in [4.69, 9.17) is 23.2 Å². The number of aliphatic imine (C=N–C) groups is 1. The molecule has 28 heavy (non-hydrogen) atoms. The first-order chi connectivity index (χ1) is 13.7. The van der Waals surface area contributed by atoms with E-state index in [2.05, 4.69) is 30.5 Å². The first-order valence-corrected chi connectivity index (χ1v) is 9.18. The van der Waals surface area contributed by atoms with E-state index in [-0.39, 0.29) is 11.1 Å². The van der Waals surface area contributed by atoms with Gasteiger partial charge in [0.2, 0.25) is 0 Å². The maximum absolute atomic E-state index is 6.60. The van der Waals surface area contributed by atoms with E-state index in [0.29, 0.717) is 10.7 Å². The second kappa shape index (κ2) is 7.88. The molecule has 3 aromatic rings. The quantitative estimate of drug-likeness (QED) is 0.474. The molecule has 2 heterocycles. The first-order valence-electron chi connectivity index (χ1n) is 8.42. The van der Waals surface area contributed by atoms with Gasteiger partial charge in [-0.2, -0.15) is 0 Å². The van der Waals surface area contributed by atoms with Crippen LogP contribution < -0.4 is 5.32 Å². The zero-order chi connectivity index (χ0) is 19.4. The molecule has 2 aromatic carbocycles. The molecular weight excluding hydrogens is 395 g/mol. The summed E-state index contributed by atoms with van der Waals surface area (Å²) in [7, 11) is 0. The molecule has 6 nitrogen and oxygen atoms in total. The van der Waals surface area contributed by atoms with Crippen LogP contribution in [0.25, 0.3) is 5.57 Å². The van der Waals surface area contributed by atoms with Gasteiger partial charge in [-0.3, -0.25) is 0 Å². The molecule has 0 saturated heterocycles. The van der Waals surface area contributed by atoms with E-state index >= 15 is 0 Å². The van der Waals surface area contributed by atoms with Gasteiger partial charge in [-0.1, -0.05) is 83.9 Å². The molecule has 0 spiro atoms. The molecule has 138 valence electrons. The highest BCUT2D eigenvalue weighted by molar-refractivity contribution is 6.77. The van der Waals surface area contributed by atoms with Gasteiger partial charge < -0.3 is 5.32 Å². The van der Waals surface area contributed by atoms with Crippen molar-refractivity contribution in [3.63, 3.8) is 0 Å². The third kappa shape index (κ3) is 3.65. The average Bonchev–Trinajstić information content (AvgIpc) is 2.74. The predicted octanol–water partition coefficient (Wildman–Crippen LogP) is 5.22. The molecule has 0 fully saturated rings. The lowest BCUT2D eigenvalue weighted by molar-refractivity contribution is 0.390. The summed E-state index contributed by atoms with van der Waals surface area (Å²) in [5.41, 5.74) is 2.17. The van der Waals surface area contributed by atoms with Crippen molar-refractivity contribution in [1.82, 2.24) is 15.3 Å². The normalized spacial score (nSPS) is 19.4. The summed E-state index contributed by atoms with van der Waals surface area (Å²) in [4.78, 5) is 12.7. The van der Waals surface area contributed by atoms with Gasteiger partial charge in [0.1, 0.15) is 10.3 Å². The number of nitrogens with zero attached hydrogens (tertiary/aromatic N) is 5. The van der Waals surface area contributed by atoms with Crippen LogP contribution in [0.5, 0.6) is 0 Å². The number of nitrogens with one attached hydrogen (secondary N) is 1. The lowest BCUT2D eigenvalue weighted by Gasteiger charge is -2.31. The van der Waals surface area contributed by atoms with Crippen molar-refractivity contribution in [2.24, 2.45) is 15.2 Å². The Morgan fingerprint density at radius 3 is 2.11 bits per heavy atom. The first kappa shape index (κ1) is 18.3. The van der Waals surface area contributed by atoms with Gasteiger partial charge in [0.05, 0.1) is 5.57 Å². The minimum Gasteiger partial charge on any atom is -0.327 e. The molecule has 8 heteroatoms. The number of halogens is 2. The molecule has 1 aliphatic rings. The number of rotatable bonds is 4. The molecule has 1 aliphatic heterocycles. The van der Waals surface area contributed by atoms with E-state index < -0.39 is 5.79 Å². The molecule has 1 unspecified atom stereocenters. The van der Waals surface area contributed by atoms with Gasteiger partial charge >= 0.3 is 0 Å². The standard InChI is InChI=1S/C20H14Cl2N6/c21-17-16(14-8-3-1-4-9-14)18(22)26-20(25-17,15-10-5-2-6-11-15)28-27-19-23-12-7-13-24-19/h1-13,25H. The highest BCUT2D eigenvalue weighted by Gasteiger charge is 2.38. The monoisotopic (exact) mass is 408 g/mol. The van der Waals surface area contributed by atoms with Crippen LogP contribution in [0.4, 0.5) is 5.95 Å². The zero-order valence-corrected chi connectivity index (χ0v) is 16.0. The fraction of sp³-hybridized carbons (Fsp3) is 0.0500. The summed E-state index contributed by atoms with van der Waals surface area (Å²) >= 11 is 13.2. The molecule has 0 aliphatic carbocycles. The Morgan fingerprint density at radius 2 is 1.46 bits per heavy atom. The smallest absolute Gasteiger partial charge is 0.273 e. The van der Waals surface area contributed by atoms with Crippen LogP contribution in [-0.2, 0) is 5.79 Å². The van der Waals surface area contributed by atoms with Gasteiger partial charge in [0.25, 0.3) is 11.7 Å². The lowest BCUT2D eigenvalue weighted by atomic mass is 10.0. The van der Waals surface area contributed by atoms with E-state index in [1.54, 1.807) is 18.5 Å². The molecule has 4 rings (SSSR count). The van der Waals surface area contributed by atoms with Crippen molar-refractivity contribution in [1.29, 1.82) is 0 Å². The van der Waals surface area contributed by atoms with Gasteiger partial charge in [-0.05, 0) is 11.6 Å². The highest BCUT2D eigenvalue weighted by Crippen LogP contribution is 2.37. The van der Waals surface area contributed by atoms with Gasteiger partial charge in [-0.25, -0.2) is 15.0 Å². The van der Waals surface area contributed by atoms with Crippen LogP contribution in [0.2, 0.25) is 0 Å². The second-order valence-corrected chi connectivity index (χ2v) is 6.61. The van der Waals surface area contributed by atoms with Crippen LogP contribution in [0, 0.1) is 0 Å². The number of hydrogen-bond donors (Lipinski definition) is 1. The second-order valence-electron chi connectivity index (χ2n) is 5.87. The Labute approximate surface area is 171 Å². The van der Waals surface area contributed by atoms with Crippen LogP contribution >= 0.6 is 23.2 Å². The van der Waals surface area contributed by atoms with Gasteiger partial charge in [0.15, 0.2) is 0 Å². The van der Waals surface area contributed by atoms with Crippen molar-refractivity contribution < 1.29 is 0 Å². The maximum Gasteiger partial charge on any atom is 0.273 e. The Hall–Kier alpha value is -3.09. The lowest BCUT2D eigenvalue weighted by Crippen LogP contribution is -2.41. The third-order valence-electron chi connectivity index (χ3n) is 4.04. The molecule has 1 N–H and O–H groups in total. The van der Waals surface area contributed by atoms with Crippen molar-refractivity contribution in [3.8, 4) is 0 Å². The molecule has 0 saturated carbocycles. The van der Waals surface area contributed by atoms with Crippen molar-refractivity contribution in [3.05, 3.63) is 95.4 Å². The van der Waals surface area contributed by atoms with Crippen LogP contribution in [0.1, 0.15) is 11.1 Å². The fourth-order valence-corrected chi connectivity index (χ4v) is 3.46. The van der Waals surface area contributed by atoms with Crippen LogP contribution in [0.15, 0.2) is 99.5 Å². The van der Waals surface area contributed by atoms with Crippen molar-refractivity contribution >= 4 is 39.9 Å². The molecule has 0 bridgehead atoms.